The maximum atomic E-state index is 13.4. The highest BCUT2D eigenvalue weighted by Gasteiger charge is 2.22. The van der Waals surface area contributed by atoms with Gasteiger partial charge >= 0.3 is 0 Å². The van der Waals surface area contributed by atoms with Gasteiger partial charge in [-0.2, -0.15) is 0 Å². The van der Waals surface area contributed by atoms with Gasteiger partial charge in [-0.05, 0) is 30.7 Å². The molecule has 3 aromatic rings. The van der Waals surface area contributed by atoms with E-state index in [0.29, 0.717) is 23.0 Å². The molecule has 0 unspecified atom stereocenters. The van der Waals surface area contributed by atoms with E-state index in [1.807, 2.05) is 18.2 Å². The third-order valence-corrected chi connectivity index (χ3v) is 6.40. The van der Waals surface area contributed by atoms with Gasteiger partial charge in [-0.1, -0.05) is 11.3 Å². The average molecular weight is 457 g/mol. The number of nitro groups is 1. The highest BCUT2D eigenvalue weighted by molar-refractivity contribution is 7.22. The molecule has 1 fully saturated rings. The monoisotopic (exact) mass is 456 g/mol. The molecule has 1 aliphatic heterocycles. The Hall–Kier alpha value is -3.08. The van der Waals surface area contributed by atoms with Crippen LogP contribution in [0.3, 0.4) is 0 Å². The number of non-ortho nitro benzene ring substituents is 1. The largest absolute Gasteiger partial charge is 0.497 e. The summed E-state index contributed by atoms with van der Waals surface area (Å²) in [7, 11) is 1.60. The molecule has 0 bridgehead atoms. The van der Waals surface area contributed by atoms with Crippen LogP contribution in [0.25, 0.3) is 10.2 Å². The first-order valence-electron chi connectivity index (χ1n) is 10.4. The summed E-state index contributed by atoms with van der Waals surface area (Å²) in [5.41, 5.74) is 1.10. The zero-order valence-corrected chi connectivity index (χ0v) is 18.5. The number of ether oxygens (including phenoxy) is 2. The van der Waals surface area contributed by atoms with E-state index < -0.39 is 4.92 Å². The van der Waals surface area contributed by atoms with E-state index >= 15 is 0 Å². The van der Waals surface area contributed by atoms with Gasteiger partial charge in [0.05, 0.1) is 35.5 Å². The molecule has 1 aliphatic rings. The zero-order valence-electron chi connectivity index (χ0n) is 17.7. The van der Waals surface area contributed by atoms with Crippen LogP contribution in [0.5, 0.6) is 5.75 Å². The van der Waals surface area contributed by atoms with Crippen LogP contribution < -0.4 is 9.64 Å². The van der Waals surface area contributed by atoms with Gasteiger partial charge in [0.15, 0.2) is 5.13 Å². The summed E-state index contributed by atoms with van der Waals surface area (Å²) < 4.78 is 11.6. The molecule has 0 radical (unpaired) electrons. The lowest BCUT2D eigenvalue weighted by molar-refractivity contribution is -0.384. The Bertz CT molecular complexity index is 1100. The van der Waals surface area contributed by atoms with E-state index in [1.54, 1.807) is 12.0 Å². The van der Waals surface area contributed by atoms with Gasteiger partial charge in [0, 0.05) is 49.9 Å². The number of hydrogen-bond acceptors (Lipinski definition) is 8. The molecule has 10 heteroatoms. The number of amides is 1. The lowest BCUT2D eigenvalue weighted by Gasteiger charge is -2.27. The minimum atomic E-state index is -0.477. The molecule has 1 aromatic heterocycles. The van der Waals surface area contributed by atoms with Crippen LogP contribution in [-0.4, -0.2) is 67.2 Å². The highest BCUT2D eigenvalue weighted by atomic mass is 32.1. The van der Waals surface area contributed by atoms with Crippen LogP contribution in [0.2, 0.25) is 0 Å². The van der Waals surface area contributed by atoms with Gasteiger partial charge < -0.3 is 9.47 Å². The Morgan fingerprint density at radius 1 is 1.25 bits per heavy atom. The normalized spacial score (nSPS) is 14.4. The minimum absolute atomic E-state index is 0.0486. The topological polar surface area (TPSA) is 98.0 Å². The molecular formula is C22H24N4O5S. The first-order valence-corrected chi connectivity index (χ1v) is 11.2. The molecule has 2 aromatic carbocycles. The molecule has 0 atom stereocenters. The van der Waals surface area contributed by atoms with Crippen molar-refractivity contribution < 1.29 is 19.2 Å². The zero-order chi connectivity index (χ0) is 22.5. The van der Waals surface area contributed by atoms with Crippen LogP contribution in [0, 0.1) is 10.1 Å². The fourth-order valence-corrected chi connectivity index (χ4v) is 4.55. The van der Waals surface area contributed by atoms with Gasteiger partial charge in [0.2, 0.25) is 0 Å². The van der Waals surface area contributed by atoms with Crippen molar-refractivity contribution in [3.63, 3.8) is 0 Å². The smallest absolute Gasteiger partial charge is 0.269 e. The quantitative estimate of drug-likeness (QED) is 0.377. The summed E-state index contributed by atoms with van der Waals surface area (Å²) in [4.78, 5) is 32.5. The van der Waals surface area contributed by atoms with Crippen molar-refractivity contribution in [1.82, 2.24) is 9.88 Å². The lowest BCUT2D eigenvalue weighted by atomic mass is 10.2. The van der Waals surface area contributed by atoms with Crippen LogP contribution in [0.4, 0.5) is 10.8 Å². The fraction of sp³-hybridized carbons (Fsp3) is 0.364. The molecule has 2 heterocycles. The van der Waals surface area contributed by atoms with Crippen molar-refractivity contribution in [3.05, 3.63) is 58.1 Å². The van der Waals surface area contributed by atoms with E-state index in [1.165, 1.54) is 35.6 Å². The van der Waals surface area contributed by atoms with Crippen molar-refractivity contribution in [3.8, 4) is 5.75 Å². The van der Waals surface area contributed by atoms with Crippen molar-refractivity contribution in [2.75, 3.05) is 51.4 Å². The van der Waals surface area contributed by atoms with Gasteiger partial charge in [0.1, 0.15) is 5.75 Å². The number of anilines is 1. The van der Waals surface area contributed by atoms with Crippen LogP contribution in [0.1, 0.15) is 16.8 Å². The van der Waals surface area contributed by atoms with Gasteiger partial charge in [-0.15, -0.1) is 0 Å². The maximum absolute atomic E-state index is 13.4. The number of thiazole rings is 1. The average Bonchev–Trinajstić information content (AvgIpc) is 3.25. The summed E-state index contributed by atoms with van der Waals surface area (Å²) in [6, 6.07) is 11.3. The highest BCUT2D eigenvalue weighted by Crippen LogP contribution is 2.32. The first-order chi connectivity index (χ1) is 15.5. The number of hydrogen-bond donors (Lipinski definition) is 0. The summed E-state index contributed by atoms with van der Waals surface area (Å²) in [5.74, 6) is 0.475. The molecule has 32 heavy (non-hydrogen) atoms. The number of morpholine rings is 1. The van der Waals surface area contributed by atoms with Crippen molar-refractivity contribution in [1.29, 1.82) is 0 Å². The van der Waals surface area contributed by atoms with E-state index in [2.05, 4.69) is 9.88 Å². The van der Waals surface area contributed by atoms with Crippen molar-refractivity contribution in [2.24, 2.45) is 0 Å². The molecule has 0 saturated carbocycles. The number of fused-ring (bicyclic) bond motifs is 1. The van der Waals surface area contributed by atoms with E-state index in [9.17, 15) is 14.9 Å². The number of carbonyl (C=O) groups excluding carboxylic acids is 1. The summed E-state index contributed by atoms with van der Waals surface area (Å²) >= 11 is 1.44. The third-order valence-electron chi connectivity index (χ3n) is 5.34. The number of nitro benzene ring substituents is 1. The number of carbonyl (C=O) groups is 1. The van der Waals surface area contributed by atoms with E-state index in [4.69, 9.17) is 9.47 Å². The molecule has 0 N–H and O–H groups in total. The predicted molar refractivity (Wildman–Crippen MR) is 123 cm³/mol. The number of benzene rings is 2. The molecule has 168 valence electrons. The van der Waals surface area contributed by atoms with Gasteiger partial charge in [-0.3, -0.25) is 24.7 Å². The molecule has 1 amide bonds. The Labute approximate surface area is 189 Å². The van der Waals surface area contributed by atoms with Crippen LogP contribution >= 0.6 is 11.3 Å². The molecule has 0 aliphatic carbocycles. The second kappa shape index (κ2) is 10.0. The molecule has 1 saturated heterocycles. The molecular weight excluding hydrogens is 432 g/mol. The third kappa shape index (κ3) is 5.04. The standard InChI is InChI=1S/C22H24N4O5S/c1-30-18-7-8-20-19(15-18)23-22(32-20)25(10-2-9-24-11-13-31-14-12-24)21(27)16-3-5-17(6-4-16)26(28)29/h3-8,15H,2,9-14H2,1H3. The summed E-state index contributed by atoms with van der Waals surface area (Å²) in [6.07, 6.45) is 0.776. The Kier molecular flexibility index (Phi) is 6.93. The fourth-order valence-electron chi connectivity index (χ4n) is 3.58. The second-order valence-electron chi connectivity index (χ2n) is 7.40. The first kappa shape index (κ1) is 22.1. The number of methoxy groups -OCH3 is 1. The van der Waals surface area contributed by atoms with Gasteiger partial charge in [0.25, 0.3) is 11.6 Å². The number of rotatable bonds is 8. The maximum Gasteiger partial charge on any atom is 0.269 e. The van der Waals surface area contributed by atoms with Gasteiger partial charge in [-0.25, -0.2) is 4.98 Å². The summed E-state index contributed by atoms with van der Waals surface area (Å²) in [5, 5.41) is 11.6. The molecule has 4 rings (SSSR count). The van der Waals surface area contributed by atoms with E-state index in [0.717, 1.165) is 49.5 Å². The van der Waals surface area contributed by atoms with Crippen molar-refractivity contribution in [2.45, 2.75) is 6.42 Å². The minimum Gasteiger partial charge on any atom is -0.497 e. The van der Waals surface area contributed by atoms with E-state index in [-0.39, 0.29) is 11.6 Å². The van der Waals surface area contributed by atoms with Crippen LogP contribution in [-0.2, 0) is 4.74 Å². The SMILES string of the molecule is COc1ccc2sc(N(CCCN3CCOCC3)C(=O)c3ccc([N+](=O)[O-])cc3)nc2c1. The predicted octanol–water partition coefficient (Wildman–Crippen LogP) is 3.58. The Morgan fingerprint density at radius 3 is 2.69 bits per heavy atom. The lowest BCUT2D eigenvalue weighted by Crippen LogP contribution is -2.39. The Balaban J connectivity index is 1.58. The molecule has 0 spiro atoms. The molecule has 9 nitrogen and oxygen atoms in total. The van der Waals surface area contributed by atoms with Crippen LogP contribution in [0.15, 0.2) is 42.5 Å². The summed E-state index contributed by atoms with van der Waals surface area (Å²) in [6.45, 7) is 4.57. The second-order valence-corrected chi connectivity index (χ2v) is 8.41. The number of nitrogens with zero attached hydrogens (tertiary/aromatic N) is 4. The Morgan fingerprint density at radius 2 is 2.00 bits per heavy atom. The number of aromatic nitrogens is 1. The van der Waals surface area contributed by atoms with Crippen molar-refractivity contribution >= 4 is 38.3 Å².